The van der Waals surface area contributed by atoms with Gasteiger partial charge in [0.05, 0.1) is 0 Å². The molecular formula is C8H11NV. The molecule has 1 radical (unpaired) electrons. The van der Waals surface area contributed by atoms with Crippen molar-refractivity contribution >= 4 is 0 Å². The molecule has 0 saturated heterocycles. The van der Waals surface area contributed by atoms with Gasteiger partial charge < -0.3 is 5.32 Å². The molecule has 0 atom stereocenters. The summed E-state index contributed by atoms with van der Waals surface area (Å²) < 4.78 is 0. The third kappa shape index (κ3) is 10.7. The number of rotatable bonds is 0. The van der Waals surface area contributed by atoms with Crippen molar-refractivity contribution in [3.63, 3.8) is 0 Å². The van der Waals surface area contributed by atoms with E-state index < -0.39 is 0 Å². The Kier molecular flexibility index (Phi) is 14.4. The summed E-state index contributed by atoms with van der Waals surface area (Å²) in [5.74, 6) is 0. The second-order valence-electron chi connectivity index (χ2n) is 1.43. The zero-order valence-corrected chi connectivity index (χ0v) is 7.44. The van der Waals surface area contributed by atoms with E-state index in [-0.39, 0.29) is 18.6 Å². The van der Waals surface area contributed by atoms with Crippen LogP contribution >= 0.6 is 0 Å². The molecule has 0 aliphatic heterocycles. The third-order valence-corrected chi connectivity index (χ3v) is 0.607. The van der Waals surface area contributed by atoms with Gasteiger partial charge in [0.1, 0.15) is 0 Å². The first-order valence-corrected chi connectivity index (χ1v) is 2.76. The summed E-state index contributed by atoms with van der Waals surface area (Å²) in [6.07, 6.45) is 0. The molecule has 0 saturated carbocycles. The Labute approximate surface area is 74.7 Å². The Morgan fingerprint density at radius 2 is 1.60 bits per heavy atom. The summed E-state index contributed by atoms with van der Waals surface area (Å²) >= 11 is 0. The Hall–Kier alpha value is -0.236. The van der Waals surface area contributed by atoms with Crippen molar-refractivity contribution in [1.82, 2.24) is 5.32 Å². The molecule has 53 valence electrons. The molecule has 0 spiro atoms. The first kappa shape index (κ1) is 12.4. The molecule has 0 aliphatic carbocycles. The van der Waals surface area contributed by atoms with Crippen LogP contribution in [0.2, 0.25) is 0 Å². The summed E-state index contributed by atoms with van der Waals surface area (Å²) in [4.78, 5) is 0. The summed E-state index contributed by atoms with van der Waals surface area (Å²) in [6, 6.07) is 12.5. The van der Waals surface area contributed by atoms with E-state index >= 15 is 0 Å². The smallest absolute Gasteiger partial charge is 0.475 e. The van der Waals surface area contributed by atoms with E-state index in [0.29, 0.717) is 0 Å². The van der Waals surface area contributed by atoms with Crippen molar-refractivity contribution in [3.05, 3.63) is 43.4 Å². The average Bonchev–Trinajstić information content (AvgIpc) is 1.93. The van der Waals surface area contributed by atoms with Crippen LogP contribution in [-0.4, -0.2) is 7.05 Å². The van der Waals surface area contributed by atoms with Gasteiger partial charge in [-0.1, -0.05) is 0 Å². The molecule has 1 rings (SSSR count). The van der Waals surface area contributed by atoms with Crippen molar-refractivity contribution in [2.45, 2.75) is 0 Å². The van der Waals surface area contributed by atoms with Crippen LogP contribution in [-0.2, 0) is 18.6 Å². The maximum Gasteiger partial charge on any atom is 2.00 e. The molecular weight excluding hydrogens is 161 g/mol. The molecule has 1 nitrogen and oxygen atoms in total. The standard InChI is InChI=1S/C6H5.C2H6N.V/c1-2-4-6-5-3-1;1-3-2;/h1-5H;3H,1H2,2H3;/q2*-1;+2. The van der Waals surface area contributed by atoms with Gasteiger partial charge in [0.25, 0.3) is 0 Å². The van der Waals surface area contributed by atoms with Crippen LogP contribution < -0.4 is 5.32 Å². The van der Waals surface area contributed by atoms with E-state index in [9.17, 15) is 0 Å². The molecule has 0 bridgehead atoms. The fourth-order valence-corrected chi connectivity index (χ4v) is 0.342. The van der Waals surface area contributed by atoms with Gasteiger partial charge in [-0.05, 0) is 7.05 Å². The minimum Gasteiger partial charge on any atom is -0.475 e. The Morgan fingerprint density at radius 1 is 1.20 bits per heavy atom. The van der Waals surface area contributed by atoms with Gasteiger partial charge in [-0.3, -0.25) is 7.05 Å². The molecule has 0 amide bonds. The maximum atomic E-state index is 3.24. The molecule has 0 unspecified atom stereocenters. The predicted octanol–water partition coefficient (Wildman–Crippen LogP) is 1.48. The zero-order chi connectivity index (χ0) is 6.95. The SMILES string of the molecule is [CH2-]NC.[V+2].[c-]1ccccc1. The van der Waals surface area contributed by atoms with Gasteiger partial charge >= 0.3 is 18.6 Å². The van der Waals surface area contributed by atoms with Crippen molar-refractivity contribution in [2.75, 3.05) is 7.05 Å². The van der Waals surface area contributed by atoms with E-state index in [1.165, 1.54) is 0 Å². The summed E-state index contributed by atoms with van der Waals surface area (Å²) in [6.45, 7) is 0. The molecule has 0 aromatic heterocycles. The molecule has 0 heterocycles. The average molecular weight is 172 g/mol. The van der Waals surface area contributed by atoms with Crippen LogP contribution in [0.4, 0.5) is 0 Å². The predicted molar refractivity (Wildman–Crippen MR) is 39.7 cm³/mol. The van der Waals surface area contributed by atoms with Gasteiger partial charge in [-0.15, -0.1) is 0 Å². The largest absolute Gasteiger partial charge is 2.00 e. The van der Waals surface area contributed by atoms with Crippen LogP contribution in [0.25, 0.3) is 0 Å². The second kappa shape index (κ2) is 11.5. The minimum absolute atomic E-state index is 0. The van der Waals surface area contributed by atoms with Crippen LogP contribution in [0.3, 0.4) is 0 Å². The van der Waals surface area contributed by atoms with Gasteiger partial charge in [-0.25, -0.2) is 0 Å². The fourth-order valence-electron chi connectivity index (χ4n) is 0.342. The third-order valence-electron chi connectivity index (χ3n) is 0.607. The van der Waals surface area contributed by atoms with Crippen molar-refractivity contribution < 1.29 is 18.6 Å². The molecule has 1 N–H and O–H groups in total. The first-order chi connectivity index (χ1) is 4.41. The fraction of sp³-hybridized carbons (Fsp3) is 0.125. The monoisotopic (exact) mass is 172 g/mol. The van der Waals surface area contributed by atoms with E-state index in [1.54, 1.807) is 7.05 Å². The van der Waals surface area contributed by atoms with Crippen molar-refractivity contribution in [1.29, 1.82) is 0 Å². The van der Waals surface area contributed by atoms with Gasteiger partial charge in [0.2, 0.25) is 0 Å². The number of nitrogens with one attached hydrogen (secondary N) is 1. The Balaban J connectivity index is 0. The number of hydrogen-bond acceptors (Lipinski definition) is 1. The normalized spacial score (nSPS) is 6.60. The van der Waals surface area contributed by atoms with E-state index in [4.69, 9.17) is 0 Å². The summed E-state index contributed by atoms with van der Waals surface area (Å²) in [5.41, 5.74) is 0. The van der Waals surface area contributed by atoms with E-state index in [0.717, 1.165) is 0 Å². The van der Waals surface area contributed by atoms with Gasteiger partial charge in [0.15, 0.2) is 0 Å². The Bertz CT molecular complexity index is 92.1. The number of benzene rings is 1. The zero-order valence-electron chi connectivity index (χ0n) is 6.04. The molecule has 10 heavy (non-hydrogen) atoms. The minimum atomic E-state index is 0. The molecule has 0 fully saturated rings. The maximum absolute atomic E-state index is 3.24. The van der Waals surface area contributed by atoms with Gasteiger partial charge in [0, 0.05) is 0 Å². The first-order valence-electron chi connectivity index (χ1n) is 2.76. The van der Waals surface area contributed by atoms with Crippen molar-refractivity contribution in [3.8, 4) is 0 Å². The van der Waals surface area contributed by atoms with Crippen LogP contribution in [0.1, 0.15) is 0 Å². The van der Waals surface area contributed by atoms with E-state index in [2.05, 4.69) is 18.4 Å². The van der Waals surface area contributed by atoms with Crippen LogP contribution in [0.15, 0.2) is 30.3 Å². The number of hydrogen-bond donors (Lipinski definition) is 1. The molecule has 0 aliphatic rings. The second-order valence-corrected chi connectivity index (χ2v) is 1.43. The summed E-state index contributed by atoms with van der Waals surface area (Å²) in [5, 5.41) is 2.50. The Morgan fingerprint density at radius 3 is 1.70 bits per heavy atom. The molecule has 1 aromatic carbocycles. The summed E-state index contributed by atoms with van der Waals surface area (Å²) in [7, 11) is 5.00. The van der Waals surface area contributed by atoms with E-state index in [1.807, 2.05) is 30.3 Å². The van der Waals surface area contributed by atoms with Crippen LogP contribution in [0, 0.1) is 13.1 Å². The van der Waals surface area contributed by atoms with Crippen LogP contribution in [0.5, 0.6) is 0 Å². The quantitative estimate of drug-likeness (QED) is 0.584. The van der Waals surface area contributed by atoms with Crippen molar-refractivity contribution in [2.24, 2.45) is 0 Å². The molecule has 1 aromatic rings. The molecule has 2 heteroatoms. The van der Waals surface area contributed by atoms with Gasteiger partial charge in [-0.2, -0.15) is 36.4 Å². The topological polar surface area (TPSA) is 12.0 Å².